The second kappa shape index (κ2) is 6.08. The van der Waals surface area contributed by atoms with Crippen molar-refractivity contribution < 1.29 is 14.4 Å². The molecule has 112 valence electrons. The third kappa shape index (κ3) is 2.95. The van der Waals surface area contributed by atoms with Crippen LogP contribution in [0.4, 0.5) is 11.5 Å². The molecule has 1 aromatic heterocycles. The number of nitro groups is 1. The maximum absolute atomic E-state index is 10.9. The van der Waals surface area contributed by atoms with Crippen molar-refractivity contribution in [3.05, 3.63) is 52.2 Å². The number of pyridine rings is 1. The number of ether oxygens (including phenoxy) is 2. The summed E-state index contributed by atoms with van der Waals surface area (Å²) >= 11 is 0. The summed E-state index contributed by atoms with van der Waals surface area (Å²) in [4.78, 5) is 14.2. The number of hydrogen-bond donors (Lipinski definition) is 1. The van der Waals surface area contributed by atoms with E-state index in [1.807, 2.05) is 6.07 Å². The van der Waals surface area contributed by atoms with E-state index in [1.54, 1.807) is 12.1 Å². The predicted octanol–water partition coefficient (Wildman–Crippen LogP) is 2.21. The lowest BCUT2D eigenvalue weighted by Gasteiger charge is -2.18. The van der Waals surface area contributed by atoms with Gasteiger partial charge in [-0.2, -0.15) is 5.10 Å². The fraction of sp³-hybridized carbons (Fsp3) is 0.143. The first-order chi connectivity index (χ1) is 10.7. The van der Waals surface area contributed by atoms with Crippen molar-refractivity contribution in [1.29, 1.82) is 0 Å². The molecule has 1 aliphatic heterocycles. The summed E-state index contributed by atoms with van der Waals surface area (Å²) < 4.78 is 10.9. The minimum atomic E-state index is -0.519. The molecule has 0 aliphatic carbocycles. The van der Waals surface area contributed by atoms with E-state index < -0.39 is 4.92 Å². The van der Waals surface area contributed by atoms with Gasteiger partial charge in [0.25, 0.3) is 0 Å². The number of hydrazone groups is 1. The SMILES string of the molecule is O=[N+]([O-])c1cccnc1N/N=C\c1ccc2c(c1)OCCO2. The topological polar surface area (TPSA) is 98.9 Å². The molecule has 22 heavy (non-hydrogen) atoms. The van der Waals surface area contributed by atoms with Crippen LogP contribution in [0.3, 0.4) is 0 Å². The molecule has 1 aromatic carbocycles. The van der Waals surface area contributed by atoms with E-state index in [0.717, 1.165) is 5.56 Å². The molecule has 0 fully saturated rings. The summed E-state index contributed by atoms with van der Waals surface area (Å²) in [5.41, 5.74) is 3.20. The minimum Gasteiger partial charge on any atom is -0.486 e. The van der Waals surface area contributed by atoms with Gasteiger partial charge in [-0.25, -0.2) is 4.98 Å². The van der Waals surface area contributed by atoms with Gasteiger partial charge in [-0.05, 0) is 29.8 Å². The standard InChI is InChI=1S/C14H12N4O4/c19-18(20)11-2-1-5-15-14(11)17-16-9-10-3-4-12-13(8-10)22-7-6-21-12/h1-5,8-9H,6-7H2,(H,15,17)/b16-9-. The lowest BCUT2D eigenvalue weighted by atomic mass is 10.2. The second-order valence-corrected chi connectivity index (χ2v) is 4.40. The van der Waals surface area contributed by atoms with E-state index in [0.29, 0.717) is 24.7 Å². The Morgan fingerprint density at radius 2 is 2.09 bits per heavy atom. The van der Waals surface area contributed by atoms with Crippen molar-refractivity contribution in [2.24, 2.45) is 5.10 Å². The molecule has 0 spiro atoms. The van der Waals surface area contributed by atoms with Crippen LogP contribution < -0.4 is 14.9 Å². The van der Waals surface area contributed by atoms with Gasteiger partial charge in [-0.3, -0.25) is 15.5 Å². The van der Waals surface area contributed by atoms with Gasteiger partial charge < -0.3 is 9.47 Å². The molecule has 0 unspecified atom stereocenters. The molecular weight excluding hydrogens is 288 g/mol. The van der Waals surface area contributed by atoms with Gasteiger partial charge >= 0.3 is 5.69 Å². The fourth-order valence-electron chi connectivity index (χ4n) is 1.94. The third-order valence-electron chi connectivity index (χ3n) is 2.93. The van der Waals surface area contributed by atoms with Crippen LogP contribution in [0, 0.1) is 10.1 Å². The molecule has 1 aliphatic rings. The zero-order chi connectivity index (χ0) is 15.4. The number of nitrogens with one attached hydrogen (secondary N) is 1. The Hall–Kier alpha value is -3.16. The van der Waals surface area contributed by atoms with Crippen LogP contribution in [0.5, 0.6) is 11.5 Å². The van der Waals surface area contributed by atoms with Crippen LogP contribution in [0.1, 0.15) is 5.56 Å². The average molecular weight is 300 g/mol. The van der Waals surface area contributed by atoms with Gasteiger partial charge in [0.2, 0.25) is 5.82 Å². The molecule has 0 radical (unpaired) electrons. The molecule has 8 heteroatoms. The molecule has 2 aromatic rings. The third-order valence-corrected chi connectivity index (χ3v) is 2.93. The van der Waals surface area contributed by atoms with Crippen LogP contribution in [-0.4, -0.2) is 29.3 Å². The van der Waals surface area contributed by atoms with Gasteiger partial charge in [-0.1, -0.05) is 0 Å². The van der Waals surface area contributed by atoms with Gasteiger partial charge in [-0.15, -0.1) is 0 Å². The van der Waals surface area contributed by atoms with Gasteiger partial charge in [0.15, 0.2) is 11.5 Å². The van der Waals surface area contributed by atoms with E-state index in [4.69, 9.17) is 9.47 Å². The lowest BCUT2D eigenvalue weighted by Crippen LogP contribution is -2.15. The highest BCUT2D eigenvalue weighted by Crippen LogP contribution is 2.30. The molecule has 0 atom stereocenters. The molecule has 0 saturated heterocycles. The predicted molar refractivity (Wildman–Crippen MR) is 79.5 cm³/mol. The number of nitrogens with zero attached hydrogens (tertiary/aromatic N) is 3. The Morgan fingerprint density at radius 3 is 2.91 bits per heavy atom. The van der Waals surface area contributed by atoms with Crippen LogP contribution in [-0.2, 0) is 0 Å². The van der Waals surface area contributed by atoms with Crippen LogP contribution >= 0.6 is 0 Å². The summed E-state index contributed by atoms with van der Waals surface area (Å²) in [7, 11) is 0. The Morgan fingerprint density at radius 1 is 1.27 bits per heavy atom. The Labute approximate surface area is 125 Å². The van der Waals surface area contributed by atoms with E-state index in [2.05, 4.69) is 15.5 Å². The van der Waals surface area contributed by atoms with Crippen LogP contribution in [0.2, 0.25) is 0 Å². The fourth-order valence-corrected chi connectivity index (χ4v) is 1.94. The van der Waals surface area contributed by atoms with Gasteiger partial charge in [0.1, 0.15) is 13.2 Å². The zero-order valence-corrected chi connectivity index (χ0v) is 11.4. The molecule has 0 bridgehead atoms. The van der Waals surface area contributed by atoms with Crippen molar-refractivity contribution in [2.45, 2.75) is 0 Å². The number of rotatable bonds is 4. The average Bonchev–Trinajstić information content (AvgIpc) is 2.55. The van der Waals surface area contributed by atoms with Crippen molar-refractivity contribution in [3.8, 4) is 11.5 Å². The smallest absolute Gasteiger partial charge is 0.313 e. The van der Waals surface area contributed by atoms with Crippen molar-refractivity contribution in [3.63, 3.8) is 0 Å². The van der Waals surface area contributed by atoms with E-state index in [-0.39, 0.29) is 11.5 Å². The molecule has 2 heterocycles. The minimum absolute atomic E-state index is 0.0845. The van der Waals surface area contributed by atoms with Crippen molar-refractivity contribution in [1.82, 2.24) is 4.98 Å². The summed E-state index contributed by atoms with van der Waals surface area (Å²) in [6.45, 7) is 1.04. The molecule has 1 N–H and O–H groups in total. The van der Waals surface area contributed by atoms with Crippen LogP contribution in [0.25, 0.3) is 0 Å². The summed E-state index contributed by atoms with van der Waals surface area (Å²) in [5.74, 6) is 1.43. The molecular formula is C14H12N4O4. The molecule has 3 rings (SSSR count). The van der Waals surface area contributed by atoms with E-state index in [9.17, 15) is 10.1 Å². The number of anilines is 1. The normalized spacial score (nSPS) is 13.1. The first-order valence-corrected chi connectivity index (χ1v) is 6.52. The number of aromatic nitrogens is 1. The monoisotopic (exact) mass is 300 g/mol. The highest BCUT2D eigenvalue weighted by molar-refractivity contribution is 5.81. The van der Waals surface area contributed by atoms with E-state index >= 15 is 0 Å². The molecule has 0 amide bonds. The second-order valence-electron chi connectivity index (χ2n) is 4.40. The van der Waals surface area contributed by atoms with Crippen molar-refractivity contribution in [2.75, 3.05) is 18.6 Å². The number of hydrogen-bond acceptors (Lipinski definition) is 7. The van der Waals surface area contributed by atoms with Gasteiger partial charge in [0.05, 0.1) is 11.1 Å². The Balaban J connectivity index is 1.74. The van der Waals surface area contributed by atoms with Crippen molar-refractivity contribution >= 4 is 17.7 Å². The molecule has 8 nitrogen and oxygen atoms in total. The van der Waals surface area contributed by atoms with Gasteiger partial charge in [0, 0.05) is 12.3 Å². The maximum atomic E-state index is 10.9. The zero-order valence-electron chi connectivity index (χ0n) is 11.4. The highest BCUT2D eigenvalue weighted by atomic mass is 16.6. The maximum Gasteiger partial charge on any atom is 0.313 e. The van der Waals surface area contributed by atoms with Crippen LogP contribution in [0.15, 0.2) is 41.6 Å². The summed E-state index contributed by atoms with van der Waals surface area (Å²) in [6.07, 6.45) is 2.98. The summed E-state index contributed by atoms with van der Waals surface area (Å²) in [6, 6.07) is 8.24. The number of fused-ring (bicyclic) bond motifs is 1. The number of benzene rings is 1. The summed E-state index contributed by atoms with van der Waals surface area (Å²) in [5, 5.41) is 14.8. The lowest BCUT2D eigenvalue weighted by molar-refractivity contribution is -0.384. The quantitative estimate of drug-likeness (QED) is 0.528. The van der Waals surface area contributed by atoms with E-state index in [1.165, 1.54) is 24.5 Å². The largest absolute Gasteiger partial charge is 0.486 e. The molecule has 0 saturated carbocycles. The Kier molecular flexibility index (Phi) is 3.82. The highest BCUT2D eigenvalue weighted by Gasteiger charge is 2.13. The first-order valence-electron chi connectivity index (χ1n) is 6.52. The first kappa shape index (κ1) is 13.8. The Bertz CT molecular complexity index is 733.